The largest absolute Gasteiger partial charge is 0.466 e. The van der Waals surface area contributed by atoms with E-state index in [2.05, 4.69) is 21.2 Å². The third kappa shape index (κ3) is 2.56. The average Bonchev–Trinajstić information content (AvgIpc) is 2.44. The number of carbonyl (C=O) groups excluding carboxylic acids is 2. The first-order valence-corrected chi connectivity index (χ1v) is 6.83. The third-order valence-corrected chi connectivity index (χ3v) is 3.89. The predicted molar refractivity (Wildman–Crippen MR) is 77.9 cm³/mol. The molecule has 0 unspecified atom stereocenters. The number of allylic oxidation sites excluding steroid dienone is 1. The van der Waals surface area contributed by atoms with Crippen molar-refractivity contribution >= 4 is 27.9 Å². The van der Waals surface area contributed by atoms with Crippen molar-refractivity contribution < 1.29 is 14.3 Å². The van der Waals surface area contributed by atoms with Gasteiger partial charge in [-0.2, -0.15) is 0 Å². The monoisotopic (exact) mass is 338 g/mol. The molecule has 1 heterocycles. The van der Waals surface area contributed by atoms with Crippen LogP contribution in [-0.4, -0.2) is 31.1 Å². The first-order valence-electron chi connectivity index (χ1n) is 6.04. The Labute approximate surface area is 125 Å². The molecule has 1 aromatic rings. The Morgan fingerprint density at radius 3 is 2.50 bits per heavy atom. The zero-order valence-corrected chi connectivity index (χ0v) is 13.0. The highest BCUT2D eigenvalue weighted by Gasteiger charge is 2.34. The van der Waals surface area contributed by atoms with Crippen molar-refractivity contribution in [2.75, 3.05) is 14.2 Å². The Morgan fingerprint density at radius 2 is 1.95 bits per heavy atom. The van der Waals surface area contributed by atoms with Crippen molar-refractivity contribution in [2.24, 2.45) is 0 Å². The van der Waals surface area contributed by atoms with Crippen molar-refractivity contribution in [1.29, 1.82) is 0 Å². The fourth-order valence-electron chi connectivity index (χ4n) is 2.12. The number of nitrogens with zero attached hydrogens (tertiary/aromatic N) is 1. The zero-order chi connectivity index (χ0) is 14.9. The molecule has 0 aromatic heterocycles. The number of ether oxygens (including phenoxy) is 1. The molecule has 0 saturated heterocycles. The number of hydrogen-bond acceptors (Lipinski definition) is 3. The van der Waals surface area contributed by atoms with E-state index in [9.17, 15) is 9.59 Å². The topological polar surface area (TPSA) is 58.6 Å². The summed E-state index contributed by atoms with van der Waals surface area (Å²) >= 11 is 3.36. The van der Waals surface area contributed by atoms with Gasteiger partial charge in [-0.1, -0.05) is 28.1 Å². The average molecular weight is 339 g/mol. The maximum absolute atomic E-state index is 12.0. The van der Waals surface area contributed by atoms with Gasteiger partial charge in [0.15, 0.2) is 0 Å². The Balaban J connectivity index is 2.51. The van der Waals surface area contributed by atoms with Crippen LogP contribution >= 0.6 is 15.9 Å². The molecule has 0 radical (unpaired) electrons. The van der Waals surface area contributed by atoms with Crippen molar-refractivity contribution in [1.82, 2.24) is 10.2 Å². The highest BCUT2D eigenvalue weighted by atomic mass is 79.9. The van der Waals surface area contributed by atoms with E-state index in [1.54, 1.807) is 14.0 Å². The molecular weight excluding hydrogens is 324 g/mol. The first kappa shape index (κ1) is 14.6. The fourth-order valence-corrected chi connectivity index (χ4v) is 2.38. The number of benzene rings is 1. The lowest BCUT2D eigenvalue weighted by atomic mass is 9.95. The minimum absolute atomic E-state index is 0.247. The first-order chi connectivity index (χ1) is 9.45. The summed E-state index contributed by atoms with van der Waals surface area (Å²) in [7, 11) is 2.95. The summed E-state index contributed by atoms with van der Waals surface area (Å²) < 4.78 is 5.77. The zero-order valence-electron chi connectivity index (χ0n) is 11.4. The Bertz CT molecular complexity index is 581. The summed E-state index contributed by atoms with van der Waals surface area (Å²) in [6.45, 7) is 1.73. The summed E-state index contributed by atoms with van der Waals surface area (Å²) in [5.74, 6) is -0.442. The van der Waals surface area contributed by atoms with Gasteiger partial charge in [0, 0.05) is 17.2 Å². The molecule has 2 rings (SSSR count). The van der Waals surface area contributed by atoms with Gasteiger partial charge in [-0.15, -0.1) is 0 Å². The van der Waals surface area contributed by atoms with E-state index >= 15 is 0 Å². The molecule has 0 bridgehead atoms. The summed E-state index contributed by atoms with van der Waals surface area (Å²) in [4.78, 5) is 25.3. The van der Waals surface area contributed by atoms with Gasteiger partial charge in [-0.25, -0.2) is 9.59 Å². The lowest BCUT2D eigenvalue weighted by molar-refractivity contribution is -0.136. The number of nitrogens with one attached hydrogen (secondary N) is 1. The molecule has 6 heteroatoms. The number of urea groups is 1. The molecule has 1 N–H and O–H groups in total. The minimum Gasteiger partial charge on any atom is -0.466 e. The second-order valence-electron chi connectivity index (χ2n) is 4.48. The van der Waals surface area contributed by atoms with Gasteiger partial charge in [0.2, 0.25) is 0 Å². The smallest absolute Gasteiger partial charge is 0.337 e. The molecule has 5 nitrogen and oxygen atoms in total. The number of halogens is 1. The normalized spacial score (nSPS) is 18.9. The second-order valence-corrected chi connectivity index (χ2v) is 5.40. The molecule has 0 saturated carbocycles. The fraction of sp³-hybridized carbons (Fsp3) is 0.286. The van der Waals surface area contributed by atoms with Crippen LogP contribution < -0.4 is 5.32 Å². The number of rotatable bonds is 2. The quantitative estimate of drug-likeness (QED) is 0.843. The summed E-state index contributed by atoms with van der Waals surface area (Å²) in [6.07, 6.45) is 0. The number of esters is 1. The van der Waals surface area contributed by atoms with Gasteiger partial charge in [0.1, 0.15) is 0 Å². The number of carbonyl (C=O) groups is 2. The molecule has 0 aliphatic carbocycles. The van der Waals surface area contributed by atoms with Crippen LogP contribution in [0.2, 0.25) is 0 Å². The molecular formula is C14H15BrN2O3. The highest BCUT2D eigenvalue weighted by Crippen LogP contribution is 2.30. The lowest BCUT2D eigenvalue weighted by Crippen LogP contribution is -2.46. The number of amides is 2. The molecule has 1 atom stereocenters. The molecule has 106 valence electrons. The van der Waals surface area contributed by atoms with Crippen LogP contribution in [0.4, 0.5) is 4.79 Å². The van der Waals surface area contributed by atoms with Crippen LogP contribution in [0, 0.1) is 0 Å². The Kier molecular flexibility index (Phi) is 4.13. The van der Waals surface area contributed by atoms with Crippen LogP contribution in [0.3, 0.4) is 0 Å². The molecule has 0 fully saturated rings. The van der Waals surface area contributed by atoms with Crippen molar-refractivity contribution in [2.45, 2.75) is 13.0 Å². The highest BCUT2D eigenvalue weighted by molar-refractivity contribution is 9.10. The standard InChI is InChI=1S/C14H15BrN2O3/c1-8-11(13(18)20-3)12(16-14(19)17(8)2)9-4-6-10(15)7-5-9/h4-7,12H,1-3H3,(H,16,19)/t12-/m0/s1. The predicted octanol–water partition coefficient (Wildman–Crippen LogP) is 2.59. The van der Waals surface area contributed by atoms with Gasteiger partial charge in [-0.05, 0) is 24.6 Å². The van der Waals surface area contributed by atoms with E-state index in [0.29, 0.717) is 11.3 Å². The van der Waals surface area contributed by atoms with Gasteiger partial charge < -0.3 is 15.0 Å². The van der Waals surface area contributed by atoms with Gasteiger partial charge in [-0.3, -0.25) is 0 Å². The van der Waals surface area contributed by atoms with E-state index in [1.807, 2.05) is 24.3 Å². The van der Waals surface area contributed by atoms with Crippen molar-refractivity contribution in [3.63, 3.8) is 0 Å². The number of hydrogen-bond donors (Lipinski definition) is 1. The van der Waals surface area contributed by atoms with Crippen LogP contribution in [0.15, 0.2) is 40.0 Å². The van der Waals surface area contributed by atoms with E-state index < -0.39 is 12.0 Å². The summed E-state index contributed by atoms with van der Waals surface area (Å²) in [6, 6.07) is 6.70. The van der Waals surface area contributed by atoms with E-state index in [0.717, 1.165) is 10.0 Å². The second kappa shape index (κ2) is 5.66. The summed E-state index contributed by atoms with van der Waals surface area (Å²) in [5.41, 5.74) is 1.86. The lowest BCUT2D eigenvalue weighted by Gasteiger charge is -2.33. The SMILES string of the molecule is COC(=O)C1=C(C)N(C)C(=O)N[C@H]1c1ccc(Br)cc1. The Morgan fingerprint density at radius 1 is 1.35 bits per heavy atom. The maximum Gasteiger partial charge on any atom is 0.337 e. The molecule has 0 spiro atoms. The van der Waals surface area contributed by atoms with Gasteiger partial charge in [0.25, 0.3) is 0 Å². The van der Waals surface area contributed by atoms with Crippen LogP contribution in [0.1, 0.15) is 18.5 Å². The summed E-state index contributed by atoms with van der Waals surface area (Å²) in [5, 5.41) is 2.81. The maximum atomic E-state index is 12.0. The van der Waals surface area contributed by atoms with Crippen LogP contribution in [-0.2, 0) is 9.53 Å². The minimum atomic E-state index is -0.501. The third-order valence-electron chi connectivity index (χ3n) is 3.36. The Hall–Kier alpha value is -1.82. The van der Waals surface area contributed by atoms with Crippen molar-refractivity contribution in [3.05, 3.63) is 45.6 Å². The molecule has 20 heavy (non-hydrogen) atoms. The van der Waals surface area contributed by atoms with E-state index in [4.69, 9.17) is 4.74 Å². The van der Waals surface area contributed by atoms with E-state index in [-0.39, 0.29) is 6.03 Å². The van der Waals surface area contributed by atoms with Crippen LogP contribution in [0.5, 0.6) is 0 Å². The molecule has 1 aliphatic rings. The van der Waals surface area contributed by atoms with E-state index in [1.165, 1.54) is 12.0 Å². The van der Waals surface area contributed by atoms with Gasteiger partial charge >= 0.3 is 12.0 Å². The number of methoxy groups -OCH3 is 1. The molecule has 1 aromatic carbocycles. The molecule has 1 aliphatic heterocycles. The van der Waals surface area contributed by atoms with Gasteiger partial charge in [0.05, 0.1) is 18.7 Å². The van der Waals surface area contributed by atoms with Crippen molar-refractivity contribution in [3.8, 4) is 0 Å². The van der Waals surface area contributed by atoms with Crippen LogP contribution in [0.25, 0.3) is 0 Å². The molecule has 2 amide bonds.